The van der Waals surface area contributed by atoms with Gasteiger partial charge >= 0.3 is 5.69 Å². The summed E-state index contributed by atoms with van der Waals surface area (Å²) in [5.41, 5.74) is 10.1. The molecule has 0 saturated carbocycles. The van der Waals surface area contributed by atoms with Gasteiger partial charge < -0.3 is 5.73 Å². The molecule has 7 heteroatoms. The summed E-state index contributed by atoms with van der Waals surface area (Å²) < 4.78 is 1.35. The summed E-state index contributed by atoms with van der Waals surface area (Å²) in [4.78, 5) is 17.5. The van der Waals surface area contributed by atoms with Crippen LogP contribution in [0.2, 0.25) is 10.0 Å². The summed E-state index contributed by atoms with van der Waals surface area (Å²) in [5, 5.41) is 11.8. The van der Waals surface area contributed by atoms with Gasteiger partial charge in [0.25, 0.3) is 0 Å². The van der Waals surface area contributed by atoms with Gasteiger partial charge in [-0.15, -0.1) is 0 Å². The highest BCUT2D eigenvalue weighted by molar-refractivity contribution is 6.31. The van der Waals surface area contributed by atoms with Gasteiger partial charge in [-0.1, -0.05) is 65.7 Å². The van der Waals surface area contributed by atoms with E-state index in [2.05, 4.69) is 11.1 Å². The molecular weight excluding hydrogens is 467 g/mol. The zero-order valence-electron chi connectivity index (χ0n) is 17.7. The van der Waals surface area contributed by atoms with Crippen LogP contribution in [0.5, 0.6) is 0 Å². The van der Waals surface area contributed by atoms with Gasteiger partial charge in [0.05, 0.1) is 22.2 Å². The van der Waals surface area contributed by atoms with E-state index in [0.29, 0.717) is 26.7 Å². The Morgan fingerprint density at radius 2 is 1.38 bits per heavy atom. The molecular formula is C27H16Cl2N4O. The van der Waals surface area contributed by atoms with E-state index in [0.717, 1.165) is 16.7 Å². The Morgan fingerprint density at radius 3 is 1.94 bits per heavy atom. The topological polar surface area (TPSA) is 84.7 Å². The standard InChI is InChI=1S/C27H16Cl2N4O/c28-18-10-6-16(7-11-18)21-14-22(17-8-12-19(29)13-9-17)24-25(23(21)15-30)32-27(34)33(26(24)31)20-4-2-1-3-5-20/h1-14H,31H2. The normalized spacial score (nSPS) is 10.9. The number of nitrogens with two attached hydrogens (primary N) is 1. The van der Waals surface area contributed by atoms with Crippen LogP contribution < -0.4 is 11.4 Å². The molecule has 164 valence electrons. The van der Waals surface area contributed by atoms with Crippen molar-refractivity contribution in [3.05, 3.63) is 111 Å². The van der Waals surface area contributed by atoms with E-state index >= 15 is 0 Å². The van der Waals surface area contributed by atoms with E-state index in [1.165, 1.54) is 4.57 Å². The van der Waals surface area contributed by atoms with Crippen molar-refractivity contribution in [2.24, 2.45) is 0 Å². The maximum absolute atomic E-state index is 13.1. The van der Waals surface area contributed by atoms with E-state index in [1.807, 2.05) is 48.5 Å². The molecule has 0 unspecified atom stereocenters. The molecule has 2 N–H and O–H groups in total. The predicted octanol–water partition coefficient (Wildman–Crippen LogP) is 6.48. The summed E-state index contributed by atoms with van der Waals surface area (Å²) in [7, 11) is 0. The molecule has 1 heterocycles. The number of aromatic nitrogens is 2. The van der Waals surface area contributed by atoms with Crippen LogP contribution in [0, 0.1) is 11.3 Å². The molecule has 0 fully saturated rings. The van der Waals surface area contributed by atoms with Crippen LogP contribution in [0.25, 0.3) is 38.8 Å². The fourth-order valence-electron chi connectivity index (χ4n) is 4.05. The van der Waals surface area contributed by atoms with Crippen molar-refractivity contribution in [3.63, 3.8) is 0 Å². The number of nitrogen functional groups attached to an aromatic ring is 1. The lowest BCUT2D eigenvalue weighted by Gasteiger charge is -2.17. The number of nitriles is 1. The molecule has 0 spiro atoms. The van der Waals surface area contributed by atoms with Gasteiger partial charge in [0.15, 0.2) is 0 Å². The molecule has 5 nitrogen and oxygen atoms in total. The Morgan fingerprint density at radius 1 is 0.824 bits per heavy atom. The number of fused-ring (bicyclic) bond motifs is 1. The summed E-state index contributed by atoms with van der Waals surface area (Å²) in [5.74, 6) is 0.199. The number of benzene rings is 4. The van der Waals surface area contributed by atoms with Crippen LogP contribution in [-0.2, 0) is 0 Å². The van der Waals surface area contributed by atoms with Gasteiger partial charge in [0.1, 0.15) is 11.9 Å². The lowest BCUT2D eigenvalue weighted by molar-refractivity contribution is 0.950. The Hall–Kier alpha value is -4.11. The average Bonchev–Trinajstić information content (AvgIpc) is 2.85. The first-order valence-corrected chi connectivity index (χ1v) is 11.1. The van der Waals surface area contributed by atoms with E-state index in [4.69, 9.17) is 28.9 Å². The molecule has 5 rings (SSSR count). The van der Waals surface area contributed by atoms with Crippen LogP contribution in [0.3, 0.4) is 0 Å². The number of rotatable bonds is 3. The van der Waals surface area contributed by atoms with Gasteiger partial charge in [0.2, 0.25) is 0 Å². The number of anilines is 1. The first-order chi connectivity index (χ1) is 16.5. The molecule has 0 saturated heterocycles. The minimum atomic E-state index is -0.567. The fraction of sp³-hybridized carbons (Fsp3) is 0. The number of hydrogen-bond acceptors (Lipinski definition) is 4. The molecule has 0 aliphatic heterocycles. The van der Waals surface area contributed by atoms with Gasteiger partial charge in [-0.2, -0.15) is 10.2 Å². The maximum Gasteiger partial charge on any atom is 0.354 e. The van der Waals surface area contributed by atoms with Crippen molar-refractivity contribution in [2.45, 2.75) is 0 Å². The van der Waals surface area contributed by atoms with Crippen molar-refractivity contribution in [3.8, 4) is 34.0 Å². The molecule has 0 aliphatic carbocycles. The van der Waals surface area contributed by atoms with E-state index in [-0.39, 0.29) is 16.9 Å². The van der Waals surface area contributed by atoms with E-state index in [9.17, 15) is 10.1 Å². The molecule has 1 aromatic heterocycles. The zero-order chi connectivity index (χ0) is 23.8. The number of hydrogen-bond donors (Lipinski definition) is 1. The van der Waals surface area contributed by atoms with Gasteiger partial charge in [-0.05, 0) is 59.2 Å². The van der Waals surface area contributed by atoms with Crippen molar-refractivity contribution >= 4 is 39.9 Å². The van der Waals surface area contributed by atoms with Gasteiger partial charge in [-0.25, -0.2) is 9.36 Å². The molecule has 0 amide bonds. The van der Waals surface area contributed by atoms with Crippen molar-refractivity contribution in [1.82, 2.24) is 9.55 Å². The second kappa shape index (κ2) is 8.68. The second-order valence-corrected chi connectivity index (χ2v) is 8.52. The van der Waals surface area contributed by atoms with E-state index < -0.39 is 5.69 Å². The highest BCUT2D eigenvalue weighted by Crippen LogP contribution is 2.39. The first kappa shape index (κ1) is 21.7. The van der Waals surface area contributed by atoms with Crippen LogP contribution in [0.15, 0.2) is 89.7 Å². The lowest BCUT2D eigenvalue weighted by atomic mass is 9.91. The van der Waals surface area contributed by atoms with E-state index in [1.54, 1.807) is 36.4 Å². The molecule has 0 atom stereocenters. The maximum atomic E-state index is 13.1. The quantitative estimate of drug-likeness (QED) is 0.318. The summed E-state index contributed by atoms with van der Waals surface area (Å²) in [6.07, 6.45) is 0. The van der Waals surface area contributed by atoms with Crippen molar-refractivity contribution in [2.75, 3.05) is 5.73 Å². The Kier molecular flexibility index (Phi) is 5.54. The molecule has 0 radical (unpaired) electrons. The fourth-order valence-corrected chi connectivity index (χ4v) is 4.31. The van der Waals surface area contributed by atoms with Gasteiger partial charge in [-0.3, -0.25) is 0 Å². The largest absolute Gasteiger partial charge is 0.384 e. The smallest absolute Gasteiger partial charge is 0.354 e. The van der Waals surface area contributed by atoms with Crippen LogP contribution in [0.1, 0.15) is 5.56 Å². The molecule has 5 aromatic rings. The SMILES string of the molecule is N#Cc1c(-c2ccc(Cl)cc2)cc(-c2ccc(Cl)cc2)c2c(N)n(-c3ccccc3)c(=O)nc12. The minimum Gasteiger partial charge on any atom is -0.384 e. The lowest BCUT2D eigenvalue weighted by Crippen LogP contribution is -2.24. The third-order valence-corrected chi connectivity index (χ3v) is 6.14. The summed E-state index contributed by atoms with van der Waals surface area (Å²) >= 11 is 12.2. The zero-order valence-corrected chi connectivity index (χ0v) is 19.2. The molecule has 0 bridgehead atoms. The van der Waals surface area contributed by atoms with Crippen LogP contribution in [0.4, 0.5) is 5.82 Å². The molecule has 0 aliphatic rings. The van der Waals surface area contributed by atoms with Crippen molar-refractivity contribution < 1.29 is 0 Å². The number of halogens is 2. The minimum absolute atomic E-state index is 0.199. The van der Waals surface area contributed by atoms with Crippen molar-refractivity contribution in [1.29, 1.82) is 5.26 Å². The Bertz CT molecular complexity index is 1640. The van der Waals surface area contributed by atoms with Crippen LogP contribution in [-0.4, -0.2) is 9.55 Å². The monoisotopic (exact) mass is 482 g/mol. The second-order valence-electron chi connectivity index (χ2n) is 7.65. The first-order valence-electron chi connectivity index (χ1n) is 10.3. The highest BCUT2D eigenvalue weighted by atomic mass is 35.5. The number of para-hydroxylation sites is 1. The molecule has 4 aromatic carbocycles. The molecule has 34 heavy (non-hydrogen) atoms. The average molecular weight is 483 g/mol. The third kappa shape index (κ3) is 3.69. The third-order valence-electron chi connectivity index (χ3n) is 5.63. The van der Waals surface area contributed by atoms with Crippen LogP contribution >= 0.6 is 23.2 Å². The number of nitrogens with zero attached hydrogens (tertiary/aromatic N) is 3. The highest BCUT2D eigenvalue weighted by Gasteiger charge is 2.21. The Labute approximate surface area is 205 Å². The van der Waals surface area contributed by atoms with Gasteiger partial charge in [0, 0.05) is 15.6 Å². The predicted molar refractivity (Wildman–Crippen MR) is 137 cm³/mol. The Balaban J connectivity index is 1.95. The summed E-state index contributed by atoms with van der Waals surface area (Å²) in [6.45, 7) is 0. The summed E-state index contributed by atoms with van der Waals surface area (Å²) in [6, 6.07) is 27.6.